The van der Waals surface area contributed by atoms with E-state index in [1.165, 1.54) is 0 Å². The first-order valence-corrected chi connectivity index (χ1v) is 3.51. The molecule has 0 saturated heterocycles. The molecule has 6 heteroatoms. The molecule has 58 valence electrons. The summed E-state index contributed by atoms with van der Waals surface area (Å²) in [4.78, 5) is 20.7. The fourth-order valence-electron chi connectivity index (χ4n) is 0.451. The van der Waals surface area contributed by atoms with Crippen molar-refractivity contribution in [2.24, 2.45) is 11.5 Å². The van der Waals surface area contributed by atoms with Crippen LogP contribution in [0.25, 0.3) is 0 Å². The third-order valence-corrected chi connectivity index (χ3v) is 1.33. The lowest BCUT2D eigenvalue weighted by Gasteiger charge is -2.05. The van der Waals surface area contributed by atoms with Crippen LogP contribution in [0.4, 0.5) is 0 Å². The Labute approximate surface area is 61.2 Å². The molecule has 0 aliphatic carbocycles. The Morgan fingerprint density at radius 3 is 2.40 bits per heavy atom. The fraction of sp³-hybridized carbons (Fsp3) is 0.500. The minimum Gasteiger partial charge on any atom is -0.528 e. The van der Waals surface area contributed by atoms with E-state index in [9.17, 15) is 9.59 Å². The van der Waals surface area contributed by atoms with Gasteiger partial charge in [-0.05, 0) is 0 Å². The van der Waals surface area contributed by atoms with Crippen LogP contribution in [0.2, 0.25) is 0 Å². The van der Waals surface area contributed by atoms with E-state index in [1.54, 1.807) is 0 Å². The Hall–Kier alpha value is -0.883. The molecule has 0 aliphatic rings. The molecule has 0 aromatic carbocycles. The van der Waals surface area contributed by atoms with Crippen LogP contribution in [0, 0.1) is 0 Å². The van der Waals surface area contributed by atoms with Crippen molar-refractivity contribution in [2.75, 3.05) is 0 Å². The van der Waals surface area contributed by atoms with Gasteiger partial charge in [-0.15, -0.1) is 0 Å². The maximum Gasteiger partial charge on any atom is 0.309 e. The monoisotopic (exact) mass is 162 g/mol. The maximum absolute atomic E-state index is 10.5. The summed E-state index contributed by atoms with van der Waals surface area (Å²) in [5.41, 5.74) is 9.95. The molecule has 0 spiro atoms. The third kappa shape index (κ3) is 3.20. The molecule has 0 saturated carbocycles. The lowest BCUT2D eigenvalue weighted by molar-refractivity contribution is -0.137. The van der Waals surface area contributed by atoms with Gasteiger partial charge < -0.3 is 15.9 Å². The molecule has 0 rings (SSSR count). The molecule has 5 nitrogen and oxygen atoms in total. The van der Waals surface area contributed by atoms with Crippen LogP contribution >= 0.6 is 0 Å². The van der Waals surface area contributed by atoms with Gasteiger partial charge in [-0.3, -0.25) is 9.59 Å². The van der Waals surface area contributed by atoms with Crippen LogP contribution in [0.1, 0.15) is 6.42 Å². The molecular formula is C4H10N2O3Si. The lowest BCUT2D eigenvalue weighted by Crippen LogP contribution is -2.35. The van der Waals surface area contributed by atoms with Gasteiger partial charge in [0.1, 0.15) is 6.04 Å². The first kappa shape index (κ1) is 9.12. The summed E-state index contributed by atoms with van der Waals surface area (Å²) in [6.45, 7) is 0. The van der Waals surface area contributed by atoms with E-state index in [2.05, 4.69) is 4.43 Å². The molecule has 0 fully saturated rings. The van der Waals surface area contributed by atoms with Crippen LogP contribution in [-0.4, -0.2) is 28.4 Å². The summed E-state index contributed by atoms with van der Waals surface area (Å²) in [7, 11) is 0.289. The van der Waals surface area contributed by atoms with Crippen molar-refractivity contribution < 1.29 is 14.0 Å². The number of amides is 1. The Morgan fingerprint density at radius 2 is 2.10 bits per heavy atom. The first-order valence-electron chi connectivity index (χ1n) is 2.69. The molecule has 0 radical (unpaired) electrons. The first-order chi connectivity index (χ1) is 4.57. The highest BCUT2D eigenvalue weighted by molar-refractivity contribution is 6.06. The van der Waals surface area contributed by atoms with Gasteiger partial charge >= 0.3 is 5.97 Å². The molecule has 0 heterocycles. The highest BCUT2D eigenvalue weighted by Crippen LogP contribution is 1.88. The second-order valence-electron chi connectivity index (χ2n) is 1.80. The van der Waals surface area contributed by atoms with Gasteiger partial charge in [0.25, 0.3) is 0 Å². The molecule has 0 aromatic rings. The number of rotatable bonds is 3. The van der Waals surface area contributed by atoms with Gasteiger partial charge in [0.05, 0.1) is 6.42 Å². The van der Waals surface area contributed by atoms with Gasteiger partial charge in [-0.1, -0.05) is 0 Å². The summed E-state index contributed by atoms with van der Waals surface area (Å²) < 4.78 is 4.38. The van der Waals surface area contributed by atoms with E-state index >= 15 is 0 Å². The number of carbonyl (C=O) groups excluding carboxylic acids is 2. The van der Waals surface area contributed by atoms with Crippen LogP contribution in [0.5, 0.6) is 0 Å². The zero-order valence-corrected chi connectivity index (χ0v) is 7.66. The van der Waals surface area contributed by atoms with Crippen molar-refractivity contribution in [3.05, 3.63) is 0 Å². The van der Waals surface area contributed by atoms with E-state index in [0.717, 1.165) is 0 Å². The summed E-state index contributed by atoms with van der Waals surface area (Å²) in [6.07, 6.45) is -0.152. The van der Waals surface area contributed by atoms with Crippen molar-refractivity contribution in [1.82, 2.24) is 0 Å². The number of hydrogen-bond donors (Lipinski definition) is 2. The van der Waals surface area contributed by atoms with Gasteiger partial charge in [-0.2, -0.15) is 0 Å². The van der Waals surface area contributed by atoms with E-state index < -0.39 is 17.9 Å². The number of nitrogens with two attached hydrogens (primary N) is 2. The normalized spacial score (nSPS) is 12.5. The highest BCUT2D eigenvalue weighted by Gasteiger charge is 2.14. The smallest absolute Gasteiger partial charge is 0.309 e. The predicted molar refractivity (Wildman–Crippen MR) is 37.8 cm³/mol. The topological polar surface area (TPSA) is 95.4 Å². The standard InChI is InChI=1S/C4H10N2O3Si/c5-2(1-3(6)7)4(8)9-10/h2H,1,5H2,10H3,(H2,6,7)/t2-/m0/s1. The molecule has 10 heavy (non-hydrogen) atoms. The van der Waals surface area contributed by atoms with E-state index in [0.29, 0.717) is 0 Å². The summed E-state index contributed by atoms with van der Waals surface area (Å²) in [6, 6.07) is -0.894. The van der Waals surface area contributed by atoms with Gasteiger partial charge in [0.15, 0.2) is 0 Å². The fourth-order valence-corrected chi connectivity index (χ4v) is 0.754. The van der Waals surface area contributed by atoms with Crippen molar-refractivity contribution >= 4 is 22.4 Å². The van der Waals surface area contributed by atoms with Crippen LogP contribution in [0.3, 0.4) is 0 Å². The van der Waals surface area contributed by atoms with Crippen LogP contribution in [0.15, 0.2) is 0 Å². The largest absolute Gasteiger partial charge is 0.528 e. The molecule has 1 atom stereocenters. The van der Waals surface area contributed by atoms with E-state index in [4.69, 9.17) is 11.5 Å². The Morgan fingerprint density at radius 1 is 1.60 bits per heavy atom. The maximum atomic E-state index is 10.5. The van der Waals surface area contributed by atoms with Gasteiger partial charge in [-0.25, -0.2) is 0 Å². The van der Waals surface area contributed by atoms with E-state index in [-0.39, 0.29) is 16.9 Å². The number of primary amides is 1. The SMILES string of the molecule is NC(=O)C[C@H](N)C(=O)O[SiH3]. The summed E-state index contributed by atoms with van der Waals surface area (Å²) in [5.74, 6) is -1.16. The second kappa shape index (κ2) is 4.02. The molecule has 0 aliphatic heterocycles. The Balaban J connectivity index is 3.72. The molecule has 0 unspecified atom stereocenters. The predicted octanol–water partition coefficient (Wildman–Crippen LogP) is -2.99. The molecular weight excluding hydrogens is 152 g/mol. The quantitative estimate of drug-likeness (QED) is 0.433. The Kier molecular flexibility index (Phi) is 3.66. The summed E-state index contributed by atoms with van der Waals surface area (Å²) in [5, 5.41) is 0. The van der Waals surface area contributed by atoms with Crippen LogP contribution in [-0.2, 0) is 14.0 Å². The van der Waals surface area contributed by atoms with Crippen LogP contribution < -0.4 is 11.5 Å². The van der Waals surface area contributed by atoms with Crippen molar-refractivity contribution in [3.63, 3.8) is 0 Å². The number of carbonyl (C=O) groups is 2. The van der Waals surface area contributed by atoms with E-state index in [1.807, 2.05) is 0 Å². The zero-order chi connectivity index (χ0) is 8.15. The third-order valence-electron chi connectivity index (χ3n) is 0.925. The number of hydrogen-bond acceptors (Lipinski definition) is 4. The Bertz CT molecular complexity index is 149. The molecule has 4 N–H and O–H groups in total. The second-order valence-corrected chi connectivity index (χ2v) is 2.21. The van der Waals surface area contributed by atoms with Crippen molar-refractivity contribution in [3.8, 4) is 0 Å². The molecule has 1 amide bonds. The zero-order valence-electron chi connectivity index (χ0n) is 5.66. The average molecular weight is 162 g/mol. The molecule has 0 aromatic heterocycles. The minimum atomic E-state index is -0.894. The van der Waals surface area contributed by atoms with Gasteiger partial charge in [0.2, 0.25) is 16.4 Å². The van der Waals surface area contributed by atoms with Crippen molar-refractivity contribution in [2.45, 2.75) is 12.5 Å². The average Bonchev–Trinajstić information content (AvgIpc) is 1.85. The highest BCUT2D eigenvalue weighted by atomic mass is 28.2. The van der Waals surface area contributed by atoms with Gasteiger partial charge in [0, 0.05) is 0 Å². The lowest BCUT2D eigenvalue weighted by atomic mass is 10.2. The minimum absolute atomic E-state index is 0.152. The summed E-state index contributed by atoms with van der Waals surface area (Å²) >= 11 is 0. The molecule has 0 bridgehead atoms. The van der Waals surface area contributed by atoms with Crippen molar-refractivity contribution in [1.29, 1.82) is 0 Å².